The number of rotatable bonds is 7. The van der Waals surface area contributed by atoms with Crippen molar-refractivity contribution in [1.29, 1.82) is 0 Å². The highest BCUT2D eigenvalue weighted by molar-refractivity contribution is 5.85. The number of H-pyrrole nitrogens is 1. The minimum Gasteiger partial charge on any atom is -0.493 e. The largest absolute Gasteiger partial charge is 0.493 e. The molecule has 3 aromatic rings. The van der Waals surface area contributed by atoms with Crippen LogP contribution in [0, 0.1) is 0 Å². The van der Waals surface area contributed by atoms with Gasteiger partial charge in [0.25, 0.3) is 0 Å². The second kappa shape index (κ2) is 14.5. The van der Waals surface area contributed by atoms with Gasteiger partial charge in [0.05, 0.1) is 45.6 Å². The fraction of sp³-hybridized carbons (Fsp3) is 0.484. The van der Waals surface area contributed by atoms with Gasteiger partial charge in [-0.3, -0.25) is 19.6 Å². The highest BCUT2D eigenvalue weighted by Crippen LogP contribution is 2.33. The molecule has 12 nitrogen and oxygen atoms in total. The molecule has 1 fully saturated rings. The van der Waals surface area contributed by atoms with Gasteiger partial charge in [0, 0.05) is 39.6 Å². The first-order chi connectivity index (χ1) is 20.9. The standard InChI is InChI=1S/C31H40N6O6/c1-4-28-33-29(35-34-28)18-36-16-24-27(17-36)42-20-22-6-5-7-23(14-22)43-26-15-21(8-10-25(26)41-3)9-11-31(39)37(12-13-40-2)19-30(38)32-24/h5-8,10,14-15,24,27H,4,9,11-13,16-20H2,1-3H3,(H,32,38)(H,33,34,35)/t24-,27-/m0/s1. The summed E-state index contributed by atoms with van der Waals surface area (Å²) in [7, 11) is 3.17. The zero-order valence-corrected chi connectivity index (χ0v) is 25.0. The van der Waals surface area contributed by atoms with E-state index in [1.807, 2.05) is 49.4 Å². The molecule has 2 aliphatic rings. The van der Waals surface area contributed by atoms with Crippen LogP contribution in [0.15, 0.2) is 42.5 Å². The number of methoxy groups -OCH3 is 2. The topological polar surface area (TPSA) is 131 Å². The summed E-state index contributed by atoms with van der Waals surface area (Å²) in [4.78, 5) is 34.9. The molecule has 1 aromatic heterocycles. The van der Waals surface area contributed by atoms with Gasteiger partial charge < -0.3 is 29.2 Å². The minimum atomic E-state index is -0.277. The number of likely N-dealkylation sites (tertiary alicyclic amines) is 1. The molecule has 230 valence electrons. The average Bonchev–Trinajstić information content (AvgIpc) is 3.62. The zero-order chi connectivity index (χ0) is 30.2. The number of aromatic amines is 1. The van der Waals surface area contributed by atoms with Gasteiger partial charge >= 0.3 is 0 Å². The Morgan fingerprint density at radius 1 is 1.07 bits per heavy atom. The maximum atomic E-state index is 13.3. The molecule has 2 aromatic carbocycles. The van der Waals surface area contributed by atoms with Crippen molar-refractivity contribution in [2.75, 3.05) is 47.0 Å². The van der Waals surface area contributed by atoms with Gasteiger partial charge in [-0.15, -0.1) is 0 Å². The number of nitrogens with one attached hydrogen (secondary N) is 2. The molecule has 2 amide bonds. The molecule has 0 aliphatic carbocycles. The summed E-state index contributed by atoms with van der Waals surface area (Å²) >= 11 is 0. The fourth-order valence-electron chi connectivity index (χ4n) is 5.38. The lowest BCUT2D eigenvalue weighted by molar-refractivity contribution is -0.137. The number of aromatic nitrogens is 3. The predicted octanol–water partition coefficient (Wildman–Crippen LogP) is 2.48. The number of ether oxygens (including phenoxy) is 4. The Labute approximate surface area is 251 Å². The zero-order valence-electron chi connectivity index (χ0n) is 25.0. The summed E-state index contributed by atoms with van der Waals surface area (Å²) in [5, 5.41) is 10.4. The third-order valence-corrected chi connectivity index (χ3v) is 7.65. The van der Waals surface area contributed by atoms with Gasteiger partial charge in [0.15, 0.2) is 11.5 Å². The van der Waals surface area contributed by atoms with E-state index in [0.29, 0.717) is 63.1 Å². The first-order valence-electron chi connectivity index (χ1n) is 14.7. The molecule has 4 bridgehead atoms. The van der Waals surface area contributed by atoms with Crippen molar-refractivity contribution >= 4 is 11.8 Å². The first-order valence-corrected chi connectivity index (χ1v) is 14.7. The van der Waals surface area contributed by atoms with Crippen LogP contribution in [0.4, 0.5) is 0 Å². The minimum absolute atomic E-state index is 0.0631. The van der Waals surface area contributed by atoms with E-state index in [-0.39, 0.29) is 36.9 Å². The van der Waals surface area contributed by atoms with Gasteiger partial charge in [-0.2, -0.15) is 5.10 Å². The smallest absolute Gasteiger partial charge is 0.239 e. The predicted molar refractivity (Wildman–Crippen MR) is 158 cm³/mol. The molecule has 2 atom stereocenters. The normalized spacial score (nSPS) is 20.1. The van der Waals surface area contributed by atoms with E-state index in [1.165, 1.54) is 0 Å². The maximum Gasteiger partial charge on any atom is 0.239 e. The highest BCUT2D eigenvalue weighted by Gasteiger charge is 2.35. The van der Waals surface area contributed by atoms with Crippen molar-refractivity contribution < 1.29 is 28.5 Å². The third-order valence-electron chi connectivity index (χ3n) is 7.65. The van der Waals surface area contributed by atoms with Gasteiger partial charge in [-0.25, -0.2) is 4.98 Å². The summed E-state index contributed by atoms with van der Waals surface area (Å²) in [5.41, 5.74) is 1.86. The number of hydrogen-bond donors (Lipinski definition) is 2. The molecule has 2 N–H and O–H groups in total. The number of nitrogens with zero attached hydrogens (tertiary/aromatic N) is 4. The molecule has 0 saturated carbocycles. The Balaban J connectivity index is 1.40. The van der Waals surface area contributed by atoms with Gasteiger partial charge in [0.2, 0.25) is 11.8 Å². The van der Waals surface area contributed by atoms with Crippen molar-refractivity contribution in [3.05, 3.63) is 65.2 Å². The lowest BCUT2D eigenvalue weighted by Gasteiger charge is -2.25. The van der Waals surface area contributed by atoms with Crippen LogP contribution in [0.1, 0.15) is 36.1 Å². The Bertz CT molecular complexity index is 1400. The van der Waals surface area contributed by atoms with Crippen molar-refractivity contribution in [1.82, 2.24) is 30.3 Å². The molecule has 12 heteroatoms. The molecule has 0 spiro atoms. The lowest BCUT2D eigenvalue weighted by atomic mass is 10.1. The van der Waals surface area contributed by atoms with Crippen molar-refractivity contribution in [2.45, 2.75) is 51.5 Å². The molecule has 0 unspecified atom stereocenters. The van der Waals surface area contributed by atoms with Crippen molar-refractivity contribution in [3.8, 4) is 17.2 Å². The number of carbonyl (C=O) groups excluding carboxylic acids is 2. The van der Waals surface area contributed by atoms with Gasteiger partial charge in [0.1, 0.15) is 17.4 Å². The van der Waals surface area contributed by atoms with Gasteiger partial charge in [-0.1, -0.05) is 25.1 Å². The summed E-state index contributed by atoms with van der Waals surface area (Å²) in [6.45, 7) is 4.65. The molecule has 2 aliphatic heterocycles. The van der Waals surface area contributed by atoms with E-state index in [1.54, 1.807) is 19.1 Å². The first kappa shape index (κ1) is 30.5. The van der Waals surface area contributed by atoms with E-state index in [9.17, 15) is 9.59 Å². The summed E-state index contributed by atoms with van der Waals surface area (Å²) in [6.07, 6.45) is 1.19. The van der Waals surface area contributed by atoms with Crippen LogP contribution < -0.4 is 14.8 Å². The number of fused-ring (bicyclic) bond motifs is 5. The Hall–Kier alpha value is -4.00. The summed E-state index contributed by atoms with van der Waals surface area (Å²) in [5.74, 6) is 2.98. The second-order valence-electron chi connectivity index (χ2n) is 10.8. The van der Waals surface area contributed by atoms with Crippen molar-refractivity contribution in [3.63, 3.8) is 0 Å². The number of hydrogen-bond acceptors (Lipinski definition) is 9. The van der Waals surface area contributed by atoms with E-state index >= 15 is 0 Å². The van der Waals surface area contributed by atoms with Crippen LogP contribution in [0.5, 0.6) is 17.2 Å². The van der Waals surface area contributed by atoms with Crippen LogP contribution in [0.3, 0.4) is 0 Å². The van der Waals surface area contributed by atoms with Crippen LogP contribution in [0.25, 0.3) is 0 Å². The third kappa shape index (κ3) is 8.09. The molecule has 1 saturated heterocycles. The maximum absolute atomic E-state index is 13.3. The Morgan fingerprint density at radius 3 is 2.74 bits per heavy atom. The molecule has 0 radical (unpaired) electrons. The summed E-state index contributed by atoms with van der Waals surface area (Å²) < 4.78 is 23.4. The van der Waals surface area contributed by atoms with E-state index < -0.39 is 0 Å². The van der Waals surface area contributed by atoms with Gasteiger partial charge in [-0.05, 0) is 41.8 Å². The highest BCUT2D eigenvalue weighted by atomic mass is 16.5. The number of carbonyl (C=O) groups is 2. The molecular weight excluding hydrogens is 552 g/mol. The van der Waals surface area contributed by atoms with E-state index in [0.717, 1.165) is 29.2 Å². The van der Waals surface area contributed by atoms with Crippen LogP contribution >= 0.6 is 0 Å². The average molecular weight is 593 g/mol. The Morgan fingerprint density at radius 2 is 1.95 bits per heavy atom. The van der Waals surface area contributed by atoms with E-state index in [4.69, 9.17) is 18.9 Å². The summed E-state index contributed by atoms with van der Waals surface area (Å²) in [6, 6.07) is 13.1. The molecule has 3 heterocycles. The lowest BCUT2D eigenvalue weighted by Crippen LogP contribution is -2.49. The quantitative estimate of drug-likeness (QED) is 0.425. The van der Waals surface area contributed by atoms with Crippen LogP contribution in [0.2, 0.25) is 0 Å². The number of aryl methyl sites for hydroxylation is 2. The second-order valence-corrected chi connectivity index (χ2v) is 10.8. The van der Waals surface area contributed by atoms with E-state index in [2.05, 4.69) is 25.4 Å². The SMILES string of the molecule is CCc1n[nH]c(CN2C[C@@H]3NC(=O)CN(CCOC)C(=O)CCc4ccc(OC)c(c4)Oc4cccc(c4)CO[C@H]3C2)n1. The molecule has 5 rings (SSSR count). The number of benzene rings is 2. The Kier molecular flexibility index (Phi) is 10.2. The monoisotopic (exact) mass is 592 g/mol. The molecular formula is C31H40N6O6. The fourth-order valence-corrected chi connectivity index (χ4v) is 5.38. The molecule has 43 heavy (non-hydrogen) atoms. The van der Waals surface area contributed by atoms with Crippen LogP contribution in [-0.4, -0.2) is 95.9 Å². The van der Waals surface area contributed by atoms with Crippen LogP contribution in [-0.2, 0) is 45.1 Å². The van der Waals surface area contributed by atoms with Crippen molar-refractivity contribution in [2.24, 2.45) is 0 Å². The number of amides is 2.